The van der Waals surface area contributed by atoms with Crippen LogP contribution in [0.3, 0.4) is 0 Å². The Morgan fingerprint density at radius 3 is 2.00 bits per heavy atom. The number of hydrogen-bond acceptors (Lipinski definition) is 9. The lowest BCUT2D eigenvalue weighted by molar-refractivity contribution is 0.121. The van der Waals surface area contributed by atoms with E-state index in [1.807, 2.05) is 36.4 Å². The van der Waals surface area contributed by atoms with E-state index < -0.39 is 0 Å². The average molecular weight is 474 g/mol. The average Bonchev–Trinajstić information content (AvgIpc) is 2.81. The minimum absolute atomic E-state index is 0.418. The molecule has 0 atom stereocenters. The van der Waals surface area contributed by atoms with Crippen LogP contribution in [-0.4, -0.2) is 73.8 Å². The van der Waals surface area contributed by atoms with Crippen LogP contribution in [0.5, 0.6) is 0 Å². The number of rotatable bonds is 6. The molecule has 2 fully saturated rings. The smallest absolute Gasteiger partial charge is 0.250 e. The molecule has 0 saturated carbocycles. The Morgan fingerprint density at radius 1 is 0.867 bits per heavy atom. The molecule has 158 valence electrons. The predicted octanol–water partition coefficient (Wildman–Crippen LogP) is 2.42. The number of aromatic nitrogens is 3. The molecule has 0 amide bonds. The Labute approximate surface area is 183 Å². The van der Waals surface area contributed by atoms with E-state index in [1.54, 1.807) is 6.21 Å². The summed E-state index contributed by atoms with van der Waals surface area (Å²) >= 11 is 3.43. The molecule has 0 spiro atoms. The zero-order chi connectivity index (χ0) is 20.6. The van der Waals surface area contributed by atoms with Crippen molar-refractivity contribution in [3.8, 4) is 0 Å². The Bertz CT molecular complexity index is 843. The lowest BCUT2D eigenvalue weighted by Crippen LogP contribution is -2.40. The maximum atomic E-state index is 5.44. The monoisotopic (exact) mass is 473 g/mol. The van der Waals surface area contributed by atoms with Gasteiger partial charge in [-0.05, 0) is 23.8 Å². The summed E-state index contributed by atoms with van der Waals surface area (Å²) in [5.41, 5.74) is 4.02. The fourth-order valence-electron chi connectivity index (χ4n) is 3.08. The second-order valence-electron chi connectivity index (χ2n) is 6.76. The summed E-state index contributed by atoms with van der Waals surface area (Å²) in [4.78, 5) is 18.0. The second kappa shape index (κ2) is 10.5. The van der Waals surface area contributed by atoms with E-state index in [-0.39, 0.29) is 0 Å². The zero-order valence-corrected chi connectivity index (χ0v) is 18.2. The van der Waals surface area contributed by atoms with Gasteiger partial charge in [-0.3, -0.25) is 0 Å². The normalized spacial score (nSPS) is 17.8. The summed E-state index contributed by atoms with van der Waals surface area (Å²) in [6.07, 6.45) is 5.52. The number of hydrogen-bond donors (Lipinski definition) is 1. The highest BCUT2D eigenvalue weighted by atomic mass is 79.9. The van der Waals surface area contributed by atoms with Gasteiger partial charge in [0.25, 0.3) is 0 Å². The van der Waals surface area contributed by atoms with Crippen LogP contribution >= 0.6 is 15.9 Å². The SMILES string of the molecule is Brc1ccc(/C=C/C=NNc2nc(N3CCOCC3)nc(N3CCOCC3)n2)cc1. The molecule has 0 unspecified atom stereocenters. The first-order valence-corrected chi connectivity index (χ1v) is 10.7. The number of nitrogens with zero attached hydrogens (tertiary/aromatic N) is 6. The molecular weight excluding hydrogens is 450 g/mol. The number of allylic oxidation sites excluding steroid dienone is 1. The quantitative estimate of drug-likeness (QED) is 0.505. The third kappa shape index (κ3) is 5.74. The van der Waals surface area contributed by atoms with Crippen molar-refractivity contribution in [2.24, 2.45) is 5.10 Å². The van der Waals surface area contributed by atoms with Crippen LogP contribution in [0.2, 0.25) is 0 Å². The van der Waals surface area contributed by atoms with Crippen LogP contribution in [0.15, 0.2) is 39.9 Å². The molecular formula is C20H24BrN7O2. The first kappa shape index (κ1) is 20.7. The van der Waals surface area contributed by atoms with Gasteiger partial charge in [0.15, 0.2) is 0 Å². The lowest BCUT2D eigenvalue weighted by Gasteiger charge is -2.30. The molecule has 2 aliphatic rings. The lowest BCUT2D eigenvalue weighted by atomic mass is 10.2. The van der Waals surface area contributed by atoms with E-state index in [0.29, 0.717) is 44.3 Å². The van der Waals surface area contributed by atoms with Crippen LogP contribution in [0.25, 0.3) is 6.08 Å². The van der Waals surface area contributed by atoms with Gasteiger partial charge in [-0.1, -0.05) is 34.1 Å². The van der Waals surface area contributed by atoms with Crippen LogP contribution in [-0.2, 0) is 9.47 Å². The van der Waals surface area contributed by atoms with Crippen molar-refractivity contribution in [1.29, 1.82) is 0 Å². The van der Waals surface area contributed by atoms with Crippen LogP contribution < -0.4 is 15.2 Å². The summed E-state index contributed by atoms with van der Waals surface area (Å²) in [5, 5.41) is 4.24. The van der Waals surface area contributed by atoms with E-state index >= 15 is 0 Å². The van der Waals surface area contributed by atoms with E-state index in [2.05, 4.69) is 51.2 Å². The first-order chi connectivity index (χ1) is 14.8. The van der Waals surface area contributed by atoms with E-state index in [0.717, 1.165) is 36.2 Å². The molecule has 0 radical (unpaired) electrons. The highest BCUT2D eigenvalue weighted by Gasteiger charge is 2.20. The second-order valence-corrected chi connectivity index (χ2v) is 7.67. The molecule has 1 N–H and O–H groups in total. The van der Waals surface area contributed by atoms with Crippen molar-refractivity contribution in [3.05, 3.63) is 40.4 Å². The fourth-order valence-corrected chi connectivity index (χ4v) is 3.34. The third-order valence-electron chi connectivity index (χ3n) is 4.68. The fraction of sp³-hybridized carbons (Fsp3) is 0.400. The van der Waals surface area contributed by atoms with Crippen molar-refractivity contribution >= 4 is 46.1 Å². The van der Waals surface area contributed by atoms with Gasteiger partial charge in [0.2, 0.25) is 17.8 Å². The number of ether oxygens (including phenoxy) is 2. The zero-order valence-electron chi connectivity index (χ0n) is 16.6. The summed E-state index contributed by atoms with van der Waals surface area (Å²) in [6, 6.07) is 8.05. The summed E-state index contributed by atoms with van der Waals surface area (Å²) in [6.45, 7) is 5.69. The van der Waals surface area contributed by atoms with Gasteiger partial charge in [-0.15, -0.1) is 0 Å². The number of hydrazone groups is 1. The van der Waals surface area contributed by atoms with Crippen molar-refractivity contribution in [3.63, 3.8) is 0 Å². The maximum absolute atomic E-state index is 5.44. The topological polar surface area (TPSA) is 88.0 Å². The molecule has 1 aromatic heterocycles. The van der Waals surface area contributed by atoms with Crippen molar-refractivity contribution in [2.45, 2.75) is 0 Å². The standard InChI is InChI=1S/C20H24BrN7O2/c21-17-5-3-16(4-6-17)2-1-7-22-26-18-23-19(27-8-12-29-13-9-27)25-20(24-18)28-10-14-30-15-11-28/h1-7H,8-15H2,(H,23,24,25,26)/b2-1+,22-7?. The third-order valence-corrected chi connectivity index (χ3v) is 5.21. The molecule has 30 heavy (non-hydrogen) atoms. The van der Waals surface area contributed by atoms with E-state index in [9.17, 15) is 0 Å². The van der Waals surface area contributed by atoms with E-state index in [4.69, 9.17) is 9.47 Å². The van der Waals surface area contributed by atoms with Gasteiger partial charge in [0.1, 0.15) is 0 Å². The summed E-state index contributed by atoms with van der Waals surface area (Å²) in [5.74, 6) is 1.69. The van der Waals surface area contributed by atoms with Gasteiger partial charge >= 0.3 is 0 Å². The van der Waals surface area contributed by atoms with Gasteiger partial charge in [-0.2, -0.15) is 20.1 Å². The molecule has 2 aliphatic heterocycles. The number of anilines is 3. The minimum Gasteiger partial charge on any atom is -0.378 e. The highest BCUT2D eigenvalue weighted by Crippen LogP contribution is 2.18. The molecule has 4 rings (SSSR count). The molecule has 2 aromatic rings. The van der Waals surface area contributed by atoms with Crippen LogP contribution in [0.1, 0.15) is 5.56 Å². The largest absolute Gasteiger partial charge is 0.378 e. The first-order valence-electron chi connectivity index (χ1n) is 9.91. The summed E-state index contributed by atoms with van der Waals surface area (Å²) in [7, 11) is 0. The molecule has 3 heterocycles. The summed E-state index contributed by atoms with van der Waals surface area (Å²) < 4.78 is 11.9. The predicted molar refractivity (Wildman–Crippen MR) is 121 cm³/mol. The van der Waals surface area contributed by atoms with Crippen LogP contribution in [0, 0.1) is 0 Å². The van der Waals surface area contributed by atoms with Gasteiger partial charge in [0, 0.05) is 36.9 Å². The molecule has 1 aromatic carbocycles. The number of benzene rings is 1. The number of morpholine rings is 2. The number of halogens is 1. The van der Waals surface area contributed by atoms with Gasteiger partial charge in [0.05, 0.1) is 26.4 Å². The number of nitrogens with one attached hydrogen (secondary N) is 1. The highest BCUT2D eigenvalue weighted by molar-refractivity contribution is 9.10. The Hall–Kier alpha value is -2.56. The molecule has 0 aliphatic carbocycles. The Kier molecular flexibility index (Phi) is 7.22. The van der Waals surface area contributed by atoms with Crippen LogP contribution in [0.4, 0.5) is 17.8 Å². The van der Waals surface area contributed by atoms with Gasteiger partial charge < -0.3 is 19.3 Å². The van der Waals surface area contributed by atoms with Gasteiger partial charge in [-0.25, -0.2) is 5.43 Å². The Morgan fingerprint density at radius 2 is 1.43 bits per heavy atom. The van der Waals surface area contributed by atoms with Crippen molar-refractivity contribution in [2.75, 3.05) is 67.8 Å². The van der Waals surface area contributed by atoms with Crippen molar-refractivity contribution < 1.29 is 9.47 Å². The Balaban J connectivity index is 1.46. The molecule has 10 heteroatoms. The van der Waals surface area contributed by atoms with E-state index in [1.165, 1.54) is 0 Å². The molecule has 2 saturated heterocycles. The van der Waals surface area contributed by atoms with Crippen molar-refractivity contribution in [1.82, 2.24) is 15.0 Å². The minimum atomic E-state index is 0.418. The molecule has 9 nitrogen and oxygen atoms in total. The maximum Gasteiger partial charge on any atom is 0.250 e. The molecule has 0 bridgehead atoms.